The minimum atomic E-state index is -0.805. The van der Waals surface area contributed by atoms with Crippen LogP contribution in [0.15, 0.2) is 24.3 Å². The van der Waals surface area contributed by atoms with Crippen molar-refractivity contribution in [1.82, 2.24) is 14.5 Å². The fourth-order valence-corrected chi connectivity index (χ4v) is 2.75. The van der Waals surface area contributed by atoms with Gasteiger partial charge in [-0.2, -0.15) is 0 Å². The number of para-hydroxylation sites is 2. The Morgan fingerprint density at radius 3 is 2.62 bits per heavy atom. The molecule has 1 aromatic heterocycles. The van der Waals surface area contributed by atoms with E-state index in [1.807, 2.05) is 43.1 Å². The van der Waals surface area contributed by atoms with Crippen LogP contribution in [0, 0.1) is 0 Å². The summed E-state index contributed by atoms with van der Waals surface area (Å²) in [6.07, 6.45) is 0.904. The molecule has 0 saturated carbocycles. The third-order valence-electron chi connectivity index (χ3n) is 4.17. The number of carbonyl (C=O) groups is 1. The maximum Gasteiger partial charge on any atom is 0.317 e. The van der Waals surface area contributed by atoms with E-state index in [2.05, 4.69) is 23.4 Å². The summed E-state index contributed by atoms with van der Waals surface area (Å²) in [7, 11) is 1.98. The molecule has 0 aliphatic carbocycles. The van der Waals surface area contributed by atoms with E-state index < -0.39 is 5.97 Å². The number of carboxylic acid groups (broad SMARTS) is 1. The van der Waals surface area contributed by atoms with E-state index in [9.17, 15) is 4.79 Å². The number of aliphatic carboxylic acids is 1. The van der Waals surface area contributed by atoms with E-state index in [4.69, 9.17) is 5.11 Å². The van der Waals surface area contributed by atoms with Crippen molar-refractivity contribution in [2.75, 3.05) is 6.54 Å². The van der Waals surface area contributed by atoms with Crippen molar-refractivity contribution in [2.24, 2.45) is 7.05 Å². The number of aryl methyl sites for hydroxylation is 1. The van der Waals surface area contributed by atoms with Crippen molar-refractivity contribution >= 4 is 17.0 Å². The lowest BCUT2D eigenvalue weighted by Gasteiger charge is -2.32. The molecule has 2 aromatic rings. The molecule has 2 unspecified atom stereocenters. The molecule has 1 N–H and O–H groups in total. The first kappa shape index (κ1) is 15.5. The number of imidazole rings is 1. The van der Waals surface area contributed by atoms with Crippen molar-refractivity contribution in [3.63, 3.8) is 0 Å². The molecule has 1 heterocycles. The minimum Gasteiger partial charge on any atom is -0.480 e. The highest BCUT2D eigenvalue weighted by Crippen LogP contribution is 2.25. The molecule has 21 heavy (non-hydrogen) atoms. The van der Waals surface area contributed by atoms with Crippen LogP contribution in [0.1, 0.15) is 39.1 Å². The average molecular weight is 289 g/mol. The van der Waals surface area contributed by atoms with Gasteiger partial charge in [-0.25, -0.2) is 4.98 Å². The highest BCUT2D eigenvalue weighted by Gasteiger charge is 2.26. The van der Waals surface area contributed by atoms with Gasteiger partial charge in [0.2, 0.25) is 0 Å². The topological polar surface area (TPSA) is 58.4 Å². The van der Waals surface area contributed by atoms with E-state index in [0.29, 0.717) is 0 Å². The van der Waals surface area contributed by atoms with Gasteiger partial charge in [-0.15, -0.1) is 0 Å². The van der Waals surface area contributed by atoms with Gasteiger partial charge in [0.05, 0.1) is 23.6 Å². The van der Waals surface area contributed by atoms with Crippen molar-refractivity contribution in [2.45, 2.75) is 39.3 Å². The van der Waals surface area contributed by atoms with Gasteiger partial charge in [-0.3, -0.25) is 9.69 Å². The van der Waals surface area contributed by atoms with Crippen molar-refractivity contribution < 1.29 is 9.90 Å². The number of benzene rings is 1. The lowest BCUT2D eigenvalue weighted by atomic mass is 10.1. The molecule has 2 rings (SSSR count). The predicted octanol–water partition coefficient (Wildman–Crippen LogP) is 2.82. The van der Waals surface area contributed by atoms with Crippen LogP contribution in [0.25, 0.3) is 11.0 Å². The molecule has 0 spiro atoms. The number of aromatic nitrogens is 2. The molecule has 0 bridgehead atoms. The van der Waals surface area contributed by atoms with E-state index in [1.165, 1.54) is 0 Å². The molecule has 0 aliphatic heterocycles. The normalized spacial score (nSPS) is 14.5. The van der Waals surface area contributed by atoms with Crippen molar-refractivity contribution in [1.29, 1.82) is 0 Å². The SMILES string of the molecule is CCC(C)N(CC(=O)O)C(C)c1nc2ccccc2n1C. The fraction of sp³-hybridized carbons (Fsp3) is 0.500. The van der Waals surface area contributed by atoms with Crippen LogP contribution in [0.5, 0.6) is 0 Å². The first-order valence-electron chi connectivity index (χ1n) is 7.34. The average Bonchev–Trinajstić information content (AvgIpc) is 2.81. The summed E-state index contributed by atoms with van der Waals surface area (Å²) in [5, 5.41) is 9.16. The molecule has 5 nitrogen and oxygen atoms in total. The minimum absolute atomic E-state index is 0.0272. The van der Waals surface area contributed by atoms with Crippen LogP contribution in [-0.2, 0) is 11.8 Å². The maximum atomic E-state index is 11.2. The van der Waals surface area contributed by atoms with E-state index in [-0.39, 0.29) is 18.6 Å². The Labute approximate surface area is 125 Å². The molecule has 2 atom stereocenters. The van der Waals surface area contributed by atoms with Crippen LogP contribution >= 0.6 is 0 Å². The summed E-state index contributed by atoms with van der Waals surface area (Å²) in [6.45, 7) is 6.18. The zero-order valence-corrected chi connectivity index (χ0v) is 13.1. The molecule has 0 fully saturated rings. The van der Waals surface area contributed by atoms with E-state index >= 15 is 0 Å². The summed E-state index contributed by atoms with van der Waals surface area (Å²) in [5.74, 6) is 0.0960. The van der Waals surface area contributed by atoms with E-state index in [0.717, 1.165) is 23.3 Å². The van der Waals surface area contributed by atoms with Crippen molar-refractivity contribution in [3.8, 4) is 0 Å². The zero-order chi connectivity index (χ0) is 15.6. The highest BCUT2D eigenvalue weighted by atomic mass is 16.4. The molecular weight excluding hydrogens is 266 g/mol. The third-order valence-corrected chi connectivity index (χ3v) is 4.17. The van der Waals surface area contributed by atoms with Crippen LogP contribution in [0.3, 0.4) is 0 Å². The Morgan fingerprint density at radius 1 is 1.38 bits per heavy atom. The summed E-state index contributed by atoms with van der Waals surface area (Å²) in [6, 6.07) is 8.11. The first-order chi connectivity index (χ1) is 9.95. The van der Waals surface area contributed by atoms with Crippen LogP contribution in [-0.4, -0.2) is 38.1 Å². The molecule has 114 valence electrons. The Balaban J connectivity index is 2.40. The quantitative estimate of drug-likeness (QED) is 0.888. The fourth-order valence-electron chi connectivity index (χ4n) is 2.75. The third kappa shape index (κ3) is 3.08. The number of fused-ring (bicyclic) bond motifs is 1. The van der Waals surface area contributed by atoms with Gasteiger partial charge in [-0.1, -0.05) is 19.1 Å². The molecule has 0 amide bonds. The van der Waals surface area contributed by atoms with Gasteiger partial charge in [0.25, 0.3) is 0 Å². The summed E-state index contributed by atoms with van der Waals surface area (Å²) < 4.78 is 2.05. The lowest BCUT2D eigenvalue weighted by molar-refractivity contribution is -0.139. The van der Waals surface area contributed by atoms with Gasteiger partial charge in [0.1, 0.15) is 5.82 Å². The van der Waals surface area contributed by atoms with Crippen LogP contribution < -0.4 is 0 Å². The number of carboxylic acids is 1. The number of hydrogen-bond donors (Lipinski definition) is 1. The second-order valence-corrected chi connectivity index (χ2v) is 5.52. The summed E-state index contributed by atoms with van der Waals surface area (Å²) in [5.41, 5.74) is 2.01. The summed E-state index contributed by atoms with van der Waals surface area (Å²) in [4.78, 5) is 17.8. The molecule has 5 heteroatoms. The van der Waals surface area contributed by atoms with Gasteiger partial charge < -0.3 is 9.67 Å². The second kappa shape index (κ2) is 6.26. The lowest BCUT2D eigenvalue weighted by Crippen LogP contribution is -2.39. The smallest absolute Gasteiger partial charge is 0.317 e. The standard InChI is InChI=1S/C16H23N3O2/c1-5-11(2)19(10-15(20)21)12(3)16-17-13-8-6-7-9-14(13)18(16)4/h6-9,11-12H,5,10H2,1-4H3,(H,20,21). The van der Waals surface area contributed by atoms with E-state index in [1.54, 1.807) is 0 Å². The van der Waals surface area contributed by atoms with Gasteiger partial charge in [-0.05, 0) is 32.4 Å². The molecule has 1 aromatic carbocycles. The number of rotatable bonds is 6. The Kier molecular flexibility index (Phi) is 4.63. The van der Waals surface area contributed by atoms with Crippen molar-refractivity contribution in [3.05, 3.63) is 30.1 Å². The molecule has 0 radical (unpaired) electrons. The first-order valence-corrected chi connectivity index (χ1v) is 7.34. The van der Waals surface area contributed by atoms with Crippen LogP contribution in [0.4, 0.5) is 0 Å². The largest absolute Gasteiger partial charge is 0.480 e. The Morgan fingerprint density at radius 2 is 2.05 bits per heavy atom. The summed E-state index contributed by atoms with van der Waals surface area (Å²) >= 11 is 0. The molecule has 0 saturated heterocycles. The van der Waals surface area contributed by atoms with Crippen LogP contribution in [0.2, 0.25) is 0 Å². The zero-order valence-electron chi connectivity index (χ0n) is 13.1. The van der Waals surface area contributed by atoms with Gasteiger partial charge in [0, 0.05) is 13.1 Å². The maximum absolute atomic E-state index is 11.2. The number of nitrogens with zero attached hydrogens (tertiary/aromatic N) is 3. The predicted molar refractivity (Wildman–Crippen MR) is 83.2 cm³/mol. The van der Waals surface area contributed by atoms with Gasteiger partial charge in [0.15, 0.2) is 0 Å². The monoisotopic (exact) mass is 289 g/mol. The Hall–Kier alpha value is -1.88. The molecular formula is C16H23N3O2. The highest BCUT2D eigenvalue weighted by molar-refractivity contribution is 5.76. The van der Waals surface area contributed by atoms with Gasteiger partial charge >= 0.3 is 5.97 Å². The second-order valence-electron chi connectivity index (χ2n) is 5.52. The number of hydrogen-bond acceptors (Lipinski definition) is 3. The molecule has 0 aliphatic rings. The Bertz CT molecular complexity index is 635.